The number of hydrogen-bond acceptors (Lipinski definition) is 2. The summed E-state index contributed by atoms with van der Waals surface area (Å²) in [6.07, 6.45) is 2.51. The van der Waals surface area contributed by atoms with E-state index in [1.165, 1.54) is 18.2 Å². The summed E-state index contributed by atoms with van der Waals surface area (Å²) in [6.45, 7) is 4.20. The van der Waals surface area contributed by atoms with E-state index in [-0.39, 0.29) is 5.56 Å². The van der Waals surface area contributed by atoms with Crippen molar-refractivity contribution in [1.82, 2.24) is 0 Å². The number of anilines is 1. The molecule has 0 aliphatic carbocycles. The van der Waals surface area contributed by atoms with Crippen LogP contribution in [0.3, 0.4) is 0 Å². The van der Waals surface area contributed by atoms with Crippen molar-refractivity contribution in [2.45, 2.75) is 6.42 Å². The Morgan fingerprint density at radius 1 is 1.60 bits per heavy atom. The molecule has 80 valence electrons. The number of halogens is 1. The zero-order valence-corrected chi connectivity index (χ0v) is 8.16. The first-order chi connectivity index (χ1) is 7.15. The van der Waals surface area contributed by atoms with Crippen LogP contribution in [0.15, 0.2) is 30.9 Å². The molecule has 1 aromatic carbocycles. The lowest BCUT2D eigenvalue weighted by Crippen LogP contribution is -2.04. The lowest BCUT2D eigenvalue weighted by molar-refractivity contribution is 0.0692. The first kappa shape index (κ1) is 11.2. The van der Waals surface area contributed by atoms with Gasteiger partial charge in [-0.1, -0.05) is 6.08 Å². The van der Waals surface area contributed by atoms with Gasteiger partial charge in [0.2, 0.25) is 0 Å². The highest BCUT2D eigenvalue weighted by Gasteiger charge is 2.09. The van der Waals surface area contributed by atoms with Crippen LogP contribution in [0.1, 0.15) is 16.8 Å². The molecule has 0 bridgehead atoms. The Morgan fingerprint density at radius 3 is 2.87 bits per heavy atom. The summed E-state index contributed by atoms with van der Waals surface area (Å²) >= 11 is 0. The third kappa shape index (κ3) is 3.09. The summed E-state index contributed by atoms with van der Waals surface area (Å²) in [5.41, 5.74) is 0.253. The molecule has 0 aliphatic heterocycles. The maximum absolute atomic E-state index is 13.2. The van der Waals surface area contributed by atoms with E-state index in [2.05, 4.69) is 11.9 Å². The summed E-state index contributed by atoms with van der Waals surface area (Å²) in [6, 6.07) is 3.95. The molecule has 1 aromatic rings. The molecule has 1 rings (SSSR count). The van der Waals surface area contributed by atoms with Crippen LogP contribution in [-0.2, 0) is 0 Å². The predicted molar refractivity (Wildman–Crippen MR) is 56.7 cm³/mol. The zero-order valence-electron chi connectivity index (χ0n) is 8.16. The predicted octanol–water partition coefficient (Wildman–Crippen LogP) is 2.51. The highest BCUT2D eigenvalue weighted by Crippen LogP contribution is 2.14. The lowest BCUT2D eigenvalue weighted by Gasteiger charge is -2.05. The van der Waals surface area contributed by atoms with Crippen LogP contribution >= 0.6 is 0 Å². The van der Waals surface area contributed by atoms with Gasteiger partial charge in [-0.3, -0.25) is 0 Å². The molecular weight excluding hydrogens is 197 g/mol. The van der Waals surface area contributed by atoms with Crippen LogP contribution in [-0.4, -0.2) is 17.6 Å². The van der Waals surface area contributed by atoms with Crippen molar-refractivity contribution in [1.29, 1.82) is 0 Å². The summed E-state index contributed by atoms with van der Waals surface area (Å²) < 4.78 is 13.2. The van der Waals surface area contributed by atoms with Gasteiger partial charge < -0.3 is 10.4 Å². The van der Waals surface area contributed by atoms with Crippen molar-refractivity contribution in [3.8, 4) is 0 Å². The second-order valence-corrected chi connectivity index (χ2v) is 3.00. The van der Waals surface area contributed by atoms with Gasteiger partial charge in [0.15, 0.2) is 0 Å². The molecule has 0 atom stereocenters. The third-order valence-corrected chi connectivity index (χ3v) is 1.88. The van der Waals surface area contributed by atoms with Gasteiger partial charge in [-0.25, -0.2) is 9.18 Å². The third-order valence-electron chi connectivity index (χ3n) is 1.88. The van der Waals surface area contributed by atoms with Gasteiger partial charge in [-0.05, 0) is 24.6 Å². The summed E-state index contributed by atoms with van der Waals surface area (Å²) in [5, 5.41) is 11.5. The molecular formula is C11H12FNO2. The van der Waals surface area contributed by atoms with E-state index in [1.807, 2.05) is 0 Å². The highest BCUT2D eigenvalue weighted by molar-refractivity contribution is 5.88. The molecule has 0 unspecified atom stereocenters. The van der Waals surface area contributed by atoms with Gasteiger partial charge in [0.05, 0.1) is 5.56 Å². The fourth-order valence-electron chi connectivity index (χ4n) is 1.12. The zero-order chi connectivity index (χ0) is 11.3. The molecule has 4 heteroatoms. The molecule has 0 heterocycles. The molecule has 0 aliphatic rings. The number of benzene rings is 1. The van der Waals surface area contributed by atoms with Crippen LogP contribution in [0.25, 0.3) is 0 Å². The average molecular weight is 209 g/mol. The average Bonchev–Trinajstić information content (AvgIpc) is 2.17. The maximum atomic E-state index is 13.2. The fourth-order valence-corrected chi connectivity index (χ4v) is 1.12. The molecule has 3 nitrogen and oxygen atoms in total. The number of rotatable bonds is 5. The Kier molecular flexibility index (Phi) is 3.85. The van der Waals surface area contributed by atoms with E-state index in [0.717, 1.165) is 6.42 Å². The van der Waals surface area contributed by atoms with E-state index in [1.54, 1.807) is 6.08 Å². The minimum atomic E-state index is -1.26. The van der Waals surface area contributed by atoms with Crippen LogP contribution in [0, 0.1) is 5.82 Å². The van der Waals surface area contributed by atoms with Crippen LogP contribution in [0.5, 0.6) is 0 Å². The van der Waals surface area contributed by atoms with Crippen molar-refractivity contribution in [2.75, 3.05) is 11.9 Å². The SMILES string of the molecule is C=CCCNc1ccc(C(=O)O)c(F)c1. The van der Waals surface area contributed by atoms with E-state index < -0.39 is 11.8 Å². The van der Waals surface area contributed by atoms with Crippen LogP contribution in [0.4, 0.5) is 10.1 Å². The first-order valence-corrected chi connectivity index (χ1v) is 4.52. The van der Waals surface area contributed by atoms with E-state index in [9.17, 15) is 9.18 Å². The summed E-state index contributed by atoms with van der Waals surface area (Å²) in [4.78, 5) is 10.5. The number of hydrogen-bond donors (Lipinski definition) is 2. The van der Waals surface area contributed by atoms with Crippen LogP contribution < -0.4 is 5.32 Å². The second-order valence-electron chi connectivity index (χ2n) is 3.00. The molecule has 0 radical (unpaired) electrons. The second kappa shape index (κ2) is 5.14. The maximum Gasteiger partial charge on any atom is 0.338 e. The molecule has 15 heavy (non-hydrogen) atoms. The number of aromatic carboxylic acids is 1. The van der Waals surface area contributed by atoms with Gasteiger partial charge in [0.1, 0.15) is 5.82 Å². The van der Waals surface area contributed by atoms with E-state index in [0.29, 0.717) is 12.2 Å². The molecule has 2 N–H and O–H groups in total. The Labute approximate surface area is 87.2 Å². The van der Waals surface area contributed by atoms with Gasteiger partial charge >= 0.3 is 5.97 Å². The Hall–Kier alpha value is -1.84. The number of carboxylic acid groups (broad SMARTS) is 1. The normalized spacial score (nSPS) is 9.67. The fraction of sp³-hybridized carbons (Fsp3) is 0.182. The van der Waals surface area contributed by atoms with E-state index in [4.69, 9.17) is 5.11 Å². The van der Waals surface area contributed by atoms with Crippen LogP contribution in [0.2, 0.25) is 0 Å². The number of carboxylic acids is 1. The minimum Gasteiger partial charge on any atom is -0.478 e. The summed E-state index contributed by atoms with van der Waals surface area (Å²) in [7, 11) is 0. The molecule has 0 aromatic heterocycles. The van der Waals surface area contributed by atoms with Crippen molar-refractivity contribution in [3.63, 3.8) is 0 Å². The quantitative estimate of drug-likeness (QED) is 0.578. The van der Waals surface area contributed by atoms with Crippen molar-refractivity contribution < 1.29 is 14.3 Å². The van der Waals surface area contributed by atoms with Crippen molar-refractivity contribution in [3.05, 3.63) is 42.2 Å². The monoisotopic (exact) mass is 209 g/mol. The number of carbonyl (C=O) groups is 1. The van der Waals surface area contributed by atoms with Gasteiger partial charge in [-0.15, -0.1) is 6.58 Å². The topological polar surface area (TPSA) is 49.3 Å². The molecule has 0 amide bonds. The Bertz CT molecular complexity index is 377. The minimum absolute atomic E-state index is 0.315. The highest BCUT2D eigenvalue weighted by atomic mass is 19.1. The van der Waals surface area contributed by atoms with Crippen molar-refractivity contribution >= 4 is 11.7 Å². The smallest absolute Gasteiger partial charge is 0.338 e. The molecule has 0 saturated heterocycles. The van der Waals surface area contributed by atoms with Crippen molar-refractivity contribution in [2.24, 2.45) is 0 Å². The molecule has 0 fully saturated rings. The largest absolute Gasteiger partial charge is 0.478 e. The first-order valence-electron chi connectivity index (χ1n) is 4.52. The lowest BCUT2D eigenvalue weighted by atomic mass is 10.2. The number of nitrogens with one attached hydrogen (secondary N) is 1. The van der Waals surface area contributed by atoms with E-state index >= 15 is 0 Å². The Balaban J connectivity index is 2.73. The van der Waals surface area contributed by atoms with Gasteiger partial charge in [0.25, 0.3) is 0 Å². The Morgan fingerprint density at radius 2 is 2.33 bits per heavy atom. The standard InChI is InChI=1S/C11H12FNO2/c1-2-3-6-13-8-4-5-9(11(14)15)10(12)7-8/h2,4-5,7,13H,1,3,6H2,(H,14,15). The van der Waals surface area contributed by atoms with Gasteiger partial charge in [0, 0.05) is 12.2 Å². The molecule has 0 saturated carbocycles. The summed E-state index contributed by atoms with van der Waals surface area (Å²) in [5.74, 6) is -1.99. The van der Waals surface area contributed by atoms with Gasteiger partial charge in [-0.2, -0.15) is 0 Å². The molecule has 0 spiro atoms.